The SMILES string of the molecule is OC(O)(c1ccccc1)c1ccco1. The van der Waals surface area contributed by atoms with E-state index in [1.54, 1.807) is 30.3 Å². The lowest BCUT2D eigenvalue weighted by molar-refractivity contribution is -0.146. The van der Waals surface area contributed by atoms with Gasteiger partial charge in [0.15, 0.2) is 5.76 Å². The predicted octanol–water partition coefficient (Wildman–Crippen LogP) is 1.47. The summed E-state index contributed by atoms with van der Waals surface area (Å²) in [7, 11) is 0. The molecule has 1 heterocycles. The molecule has 0 aliphatic rings. The largest absolute Gasteiger partial charge is 0.463 e. The van der Waals surface area contributed by atoms with Gasteiger partial charge in [-0.2, -0.15) is 0 Å². The van der Waals surface area contributed by atoms with Gasteiger partial charge in [-0.1, -0.05) is 30.3 Å². The average Bonchev–Trinajstić information content (AvgIpc) is 2.72. The van der Waals surface area contributed by atoms with Crippen LogP contribution < -0.4 is 0 Å². The van der Waals surface area contributed by atoms with Crippen molar-refractivity contribution in [1.82, 2.24) is 0 Å². The normalized spacial score (nSPS) is 11.6. The van der Waals surface area contributed by atoms with Crippen LogP contribution >= 0.6 is 0 Å². The summed E-state index contributed by atoms with van der Waals surface area (Å²) < 4.78 is 4.95. The van der Waals surface area contributed by atoms with E-state index in [-0.39, 0.29) is 5.76 Å². The Hall–Kier alpha value is -1.58. The molecule has 0 unspecified atom stereocenters. The van der Waals surface area contributed by atoms with Gasteiger partial charge in [-0.15, -0.1) is 0 Å². The molecule has 2 aromatic rings. The van der Waals surface area contributed by atoms with Crippen LogP contribution in [0.5, 0.6) is 0 Å². The molecule has 0 bridgehead atoms. The first-order valence-corrected chi connectivity index (χ1v) is 4.25. The zero-order chi connectivity index (χ0) is 10.0. The third kappa shape index (κ3) is 1.43. The Bertz CT molecular complexity index is 390. The molecule has 0 amide bonds. The van der Waals surface area contributed by atoms with Gasteiger partial charge in [0.2, 0.25) is 0 Å². The van der Waals surface area contributed by atoms with Crippen LogP contribution in [0.2, 0.25) is 0 Å². The molecule has 1 aromatic carbocycles. The van der Waals surface area contributed by atoms with Crippen molar-refractivity contribution < 1.29 is 14.6 Å². The fraction of sp³-hybridized carbons (Fsp3) is 0.0909. The summed E-state index contributed by atoms with van der Waals surface area (Å²) in [6.45, 7) is 0. The van der Waals surface area contributed by atoms with E-state index in [2.05, 4.69) is 0 Å². The van der Waals surface area contributed by atoms with Gasteiger partial charge in [0.05, 0.1) is 6.26 Å². The number of benzene rings is 1. The summed E-state index contributed by atoms with van der Waals surface area (Å²) >= 11 is 0. The highest BCUT2D eigenvalue weighted by Gasteiger charge is 2.31. The first-order chi connectivity index (χ1) is 6.71. The maximum Gasteiger partial charge on any atom is 0.250 e. The molecule has 0 saturated heterocycles. The summed E-state index contributed by atoms with van der Waals surface area (Å²) in [5.74, 6) is -1.94. The van der Waals surface area contributed by atoms with Crippen molar-refractivity contribution >= 4 is 0 Å². The lowest BCUT2D eigenvalue weighted by atomic mass is 10.0. The number of aliphatic hydroxyl groups is 2. The van der Waals surface area contributed by atoms with E-state index in [0.29, 0.717) is 5.56 Å². The number of hydrogen-bond acceptors (Lipinski definition) is 3. The van der Waals surface area contributed by atoms with Crippen LogP contribution in [-0.2, 0) is 5.79 Å². The van der Waals surface area contributed by atoms with Crippen LogP contribution in [0.4, 0.5) is 0 Å². The van der Waals surface area contributed by atoms with Crippen LogP contribution in [0.25, 0.3) is 0 Å². The summed E-state index contributed by atoms with van der Waals surface area (Å²) in [6, 6.07) is 11.7. The second kappa shape index (κ2) is 3.29. The Labute approximate surface area is 81.2 Å². The number of rotatable bonds is 2. The molecule has 0 aliphatic heterocycles. The monoisotopic (exact) mass is 190 g/mol. The molecule has 14 heavy (non-hydrogen) atoms. The van der Waals surface area contributed by atoms with E-state index in [1.165, 1.54) is 12.3 Å². The highest BCUT2D eigenvalue weighted by Crippen LogP contribution is 2.26. The molecule has 0 atom stereocenters. The van der Waals surface area contributed by atoms with Crippen molar-refractivity contribution in [3.05, 3.63) is 60.1 Å². The molecular formula is C11H10O3. The van der Waals surface area contributed by atoms with Crippen LogP contribution in [0, 0.1) is 0 Å². The van der Waals surface area contributed by atoms with E-state index in [1.807, 2.05) is 6.07 Å². The van der Waals surface area contributed by atoms with E-state index in [4.69, 9.17) is 4.42 Å². The van der Waals surface area contributed by atoms with Gasteiger partial charge in [-0.3, -0.25) is 0 Å². The lowest BCUT2D eigenvalue weighted by Crippen LogP contribution is -2.25. The Morgan fingerprint density at radius 1 is 0.929 bits per heavy atom. The van der Waals surface area contributed by atoms with Crippen molar-refractivity contribution in [2.75, 3.05) is 0 Å². The second-order valence-electron chi connectivity index (χ2n) is 3.02. The molecule has 0 fully saturated rings. The van der Waals surface area contributed by atoms with Crippen molar-refractivity contribution in [1.29, 1.82) is 0 Å². The molecule has 72 valence electrons. The highest BCUT2D eigenvalue weighted by molar-refractivity contribution is 5.27. The second-order valence-corrected chi connectivity index (χ2v) is 3.02. The van der Waals surface area contributed by atoms with Gasteiger partial charge in [0.25, 0.3) is 5.79 Å². The molecule has 0 saturated carbocycles. The van der Waals surface area contributed by atoms with Crippen molar-refractivity contribution in [2.24, 2.45) is 0 Å². The van der Waals surface area contributed by atoms with Crippen LogP contribution in [-0.4, -0.2) is 10.2 Å². The Kier molecular flexibility index (Phi) is 2.11. The Balaban J connectivity index is 2.43. The van der Waals surface area contributed by atoms with Gasteiger partial charge in [0.1, 0.15) is 0 Å². The van der Waals surface area contributed by atoms with Crippen LogP contribution in [0.1, 0.15) is 11.3 Å². The molecular weight excluding hydrogens is 180 g/mol. The summed E-state index contributed by atoms with van der Waals surface area (Å²) in [6.07, 6.45) is 1.40. The van der Waals surface area contributed by atoms with Gasteiger partial charge in [0, 0.05) is 5.56 Å². The molecule has 0 aliphatic carbocycles. The average molecular weight is 190 g/mol. The molecule has 0 radical (unpaired) electrons. The zero-order valence-corrected chi connectivity index (χ0v) is 7.42. The third-order valence-corrected chi connectivity index (χ3v) is 2.04. The molecule has 3 heteroatoms. The van der Waals surface area contributed by atoms with E-state index in [0.717, 1.165) is 0 Å². The summed E-state index contributed by atoms with van der Waals surface area (Å²) in [5, 5.41) is 19.6. The fourth-order valence-corrected chi connectivity index (χ4v) is 1.29. The third-order valence-electron chi connectivity index (χ3n) is 2.04. The highest BCUT2D eigenvalue weighted by atomic mass is 16.5. The van der Waals surface area contributed by atoms with Gasteiger partial charge in [-0.05, 0) is 12.1 Å². The minimum absolute atomic E-state index is 0.115. The minimum Gasteiger partial charge on any atom is -0.463 e. The molecule has 1 aromatic heterocycles. The van der Waals surface area contributed by atoms with E-state index in [9.17, 15) is 10.2 Å². The van der Waals surface area contributed by atoms with Crippen LogP contribution in [0.3, 0.4) is 0 Å². The summed E-state index contributed by atoms with van der Waals surface area (Å²) in [5.41, 5.74) is 0.384. The Morgan fingerprint density at radius 3 is 2.21 bits per heavy atom. The maximum atomic E-state index is 9.81. The first kappa shape index (κ1) is 8.99. The maximum absolute atomic E-state index is 9.81. The predicted molar refractivity (Wildman–Crippen MR) is 50.4 cm³/mol. The van der Waals surface area contributed by atoms with Crippen molar-refractivity contribution in [2.45, 2.75) is 5.79 Å². The van der Waals surface area contributed by atoms with Crippen molar-refractivity contribution in [3.8, 4) is 0 Å². The molecule has 0 spiro atoms. The van der Waals surface area contributed by atoms with Gasteiger partial charge < -0.3 is 14.6 Å². The number of furan rings is 1. The van der Waals surface area contributed by atoms with Gasteiger partial charge >= 0.3 is 0 Å². The topological polar surface area (TPSA) is 53.6 Å². The number of hydrogen-bond donors (Lipinski definition) is 2. The smallest absolute Gasteiger partial charge is 0.250 e. The van der Waals surface area contributed by atoms with E-state index >= 15 is 0 Å². The molecule has 2 N–H and O–H groups in total. The van der Waals surface area contributed by atoms with Crippen LogP contribution in [0.15, 0.2) is 53.1 Å². The molecule has 3 nitrogen and oxygen atoms in total. The van der Waals surface area contributed by atoms with Gasteiger partial charge in [-0.25, -0.2) is 0 Å². The Morgan fingerprint density at radius 2 is 1.64 bits per heavy atom. The lowest BCUT2D eigenvalue weighted by Gasteiger charge is -2.19. The molecule has 2 rings (SSSR count). The minimum atomic E-state index is -2.05. The fourth-order valence-electron chi connectivity index (χ4n) is 1.29. The first-order valence-electron chi connectivity index (χ1n) is 4.25. The zero-order valence-electron chi connectivity index (χ0n) is 7.42. The van der Waals surface area contributed by atoms with E-state index < -0.39 is 5.79 Å². The standard InChI is InChI=1S/C11H10O3/c12-11(13,10-7-4-8-14-10)9-5-2-1-3-6-9/h1-8,12-13H. The quantitative estimate of drug-likeness (QED) is 0.705. The van der Waals surface area contributed by atoms with Crippen molar-refractivity contribution in [3.63, 3.8) is 0 Å². The summed E-state index contributed by atoms with van der Waals surface area (Å²) in [4.78, 5) is 0.